The summed E-state index contributed by atoms with van der Waals surface area (Å²) in [4.78, 5) is 26.6. The Labute approximate surface area is 210 Å². The quantitative estimate of drug-likeness (QED) is 0.487. The Hall–Kier alpha value is -3.49. The van der Waals surface area contributed by atoms with E-state index in [4.69, 9.17) is 9.47 Å². The first-order chi connectivity index (χ1) is 17.3. The summed E-state index contributed by atoms with van der Waals surface area (Å²) < 4.78 is 13.4. The third-order valence-electron chi connectivity index (χ3n) is 7.58. The molecule has 3 aromatic rings. The van der Waals surface area contributed by atoms with E-state index in [1.54, 1.807) is 17.8 Å². The maximum Gasteiger partial charge on any atom is 0.338 e. The summed E-state index contributed by atoms with van der Waals surface area (Å²) in [5.41, 5.74) is 3.17. The van der Waals surface area contributed by atoms with Crippen LogP contribution in [0, 0.1) is 26.7 Å². The smallest absolute Gasteiger partial charge is 0.338 e. The van der Waals surface area contributed by atoms with Gasteiger partial charge in [-0.25, -0.2) is 14.3 Å². The van der Waals surface area contributed by atoms with Gasteiger partial charge in [-0.2, -0.15) is 4.98 Å². The summed E-state index contributed by atoms with van der Waals surface area (Å²) in [5, 5.41) is 15.7. The van der Waals surface area contributed by atoms with Gasteiger partial charge in [0, 0.05) is 29.9 Å². The number of aliphatic hydroxyl groups excluding tert-OH is 1. The van der Waals surface area contributed by atoms with Crippen LogP contribution in [0.4, 0.5) is 0 Å². The van der Waals surface area contributed by atoms with Crippen LogP contribution in [0.2, 0.25) is 0 Å². The van der Waals surface area contributed by atoms with Crippen molar-refractivity contribution in [2.24, 2.45) is 5.92 Å². The van der Waals surface area contributed by atoms with Crippen molar-refractivity contribution in [1.29, 1.82) is 0 Å². The molecule has 4 heterocycles. The number of aromatic nitrogens is 5. The molecule has 1 saturated carbocycles. The second kappa shape index (κ2) is 9.52. The number of hydrogen-bond acceptors (Lipinski definition) is 8. The van der Waals surface area contributed by atoms with Crippen LogP contribution in [0.1, 0.15) is 67.0 Å². The SMILES string of the molecule is COc1cnc(C)cc1CCC1(C2CCCC2)CC(O)=C(Cc2nc3nc(C)cc(C)n3n2)C(=O)O1. The lowest BCUT2D eigenvalue weighted by Crippen LogP contribution is -2.46. The average molecular weight is 492 g/mol. The van der Waals surface area contributed by atoms with Gasteiger partial charge in [0.15, 0.2) is 5.82 Å². The maximum atomic E-state index is 13.4. The van der Waals surface area contributed by atoms with Crippen molar-refractivity contribution in [3.8, 4) is 5.75 Å². The third-order valence-corrected chi connectivity index (χ3v) is 7.58. The molecule has 9 heteroatoms. The van der Waals surface area contributed by atoms with Crippen molar-refractivity contribution in [3.05, 3.63) is 58.1 Å². The first-order valence-corrected chi connectivity index (χ1v) is 12.6. The van der Waals surface area contributed by atoms with Gasteiger partial charge in [-0.1, -0.05) is 12.8 Å². The molecule has 2 aliphatic rings. The molecule has 1 N–H and O–H groups in total. The third kappa shape index (κ3) is 4.54. The molecule has 1 atom stereocenters. The molecule has 0 aromatic carbocycles. The van der Waals surface area contributed by atoms with Crippen molar-refractivity contribution >= 4 is 11.7 Å². The van der Waals surface area contributed by atoms with Gasteiger partial charge in [0.1, 0.15) is 17.1 Å². The number of esters is 1. The minimum Gasteiger partial charge on any atom is -0.512 e. The number of hydrogen-bond donors (Lipinski definition) is 1. The average Bonchev–Trinajstić information content (AvgIpc) is 3.51. The number of pyridine rings is 1. The van der Waals surface area contributed by atoms with Crippen LogP contribution in [-0.4, -0.2) is 48.4 Å². The van der Waals surface area contributed by atoms with E-state index >= 15 is 0 Å². The summed E-state index contributed by atoms with van der Waals surface area (Å²) in [6.07, 6.45) is 7.59. The highest BCUT2D eigenvalue weighted by Gasteiger charge is 2.48. The van der Waals surface area contributed by atoms with Crippen LogP contribution in [0.3, 0.4) is 0 Å². The standard InChI is InChI=1S/C27H33N5O4/c1-16-12-19(23(35-4)15-28-16)9-10-27(20-7-5-6-8-20)14-22(33)21(25(34)36-27)13-24-30-26-29-17(2)11-18(3)32(26)31-24/h11-12,15,20,33H,5-10,13-14H2,1-4H3. The summed E-state index contributed by atoms with van der Waals surface area (Å²) in [7, 11) is 1.63. The predicted molar refractivity (Wildman–Crippen MR) is 133 cm³/mol. The van der Waals surface area contributed by atoms with Crippen molar-refractivity contribution in [3.63, 3.8) is 0 Å². The fraction of sp³-hybridized carbons (Fsp3) is 0.519. The Balaban J connectivity index is 1.42. The minimum absolute atomic E-state index is 0.0794. The zero-order valence-corrected chi connectivity index (χ0v) is 21.4. The number of fused-ring (bicyclic) bond motifs is 1. The molecule has 190 valence electrons. The predicted octanol–water partition coefficient (Wildman–Crippen LogP) is 4.32. The molecule has 1 fully saturated rings. The molecule has 0 spiro atoms. The first-order valence-electron chi connectivity index (χ1n) is 12.6. The minimum atomic E-state index is -0.745. The van der Waals surface area contributed by atoms with Gasteiger partial charge in [0.2, 0.25) is 0 Å². The highest BCUT2D eigenvalue weighted by molar-refractivity contribution is 5.90. The van der Waals surface area contributed by atoms with E-state index in [1.165, 1.54) is 0 Å². The largest absolute Gasteiger partial charge is 0.512 e. The Morgan fingerprint density at radius 2 is 1.94 bits per heavy atom. The van der Waals surface area contributed by atoms with Gasteiger partial charge >= 0.3 is 5.97 Å². The first kappa shape index (κ1) is 24.2. The van der Waals surface area contributed by atoms with Crippen LogP contribution in [-0.2, 0) is 22.4 Å². The Kier molecular flexibility index (Phi) is 6.40. The highest BCUT2D eigenvalue weighted by Crippen LogP contribution is 2.46. The van der Waals surface area contributed by atoms with Gasteiger partial charge in [-0.3, -0.25) is 4.98 Å². The number of rotatable bonds is 7. The Morgan fingerprint density at radius 1 is 1.17 bits per heavy atom. The van der Waals surface area contributed by atoms with E-state index in [1.807, 2.05) is 32.9 Å². The van der Waals surface area contributed by atoms with Crippen LogP contribution in [0.15, 0.2) is 29.7 Å². The van der Waals surface area contributed by atoms with Crippen LogP contribution < -0.4 is 4.74 Å². The molecule has 5 rings (SSSR count). The number of methoxy groups -OCH3 is 1. The van der Waals surface area contributed by atoms with Crippen molar-refractivity contribution in [1.82, 2.24) is 24.6 Å². The fourth-order valence-electron chi connectivity index (χ4n) is 5.76. The number of carbonyl (C=O) groups excluding carboxylic acids is 1. The molecule has 0 saturated heterocycles. The zero-order chi connectivity index (χ0) is 25.4. The molecular formula is C27H33N5O4. The van der Waals surface area contributed by atoms with Crippen molar-refractivity contribution in [2.45, 2.75) is 77.7 Å². The lowest BCUT2D eigenvalue weighted by atomic mass is 9.76. The van der Waals surface area contributed by atoms with Gasteiger partial charge in [0.05, 0.1) is 18.9 Å². The van der Waals surface area contributed by atoms with E-state index in [2.05, 4.69) is 20.1 Å². The zero-order valence-electron chi connectivity index (χ0n) is 21.4. The summed E-state index contributed by atoms with van der Waals surface area (Å²) in [5.74, 6) is 1.44. The number of cyclic esters (lactones) is 1. The fourth-order valence-corrected chi connectivity index (χ4v) is 5.76. The Bertz CT molecular complexity index is 1340. The summed E-state index contributed by atoms with van der Waals surface area (Å²) in [6.45, 7) is 5.78. The van der Waals surface area contributed by atoms with Crippen LogP contribution in [0.25, 0.3) is 5.78 Å². The summed E-state index contributed by atoms with van der Waals surface area (Å²) >= 11 is 0. The number of ether oxygens (including phenoxy) is 2. The molecular weight excluding hydrogens is 458 g/mol. The monoisotopic (exact) mass is 491 g/mol. The lowest BCUT2D eigenvalue weighted by molar-refractivity contribution is -0.167. The van der Waals surface area contributed by atoms with E-state index in [9.17, 15) is 9.90 Å². The van der Waals surface area contributed by atoms with Gasteiger partial charge < -0.3 is 14.6 Å². The molecule has 1 aliphatic heterocycles. The Morgan fingerprint density at radius 3 is 2.67 bits per heavy atom. The molecule has 0 radical (unpaired) electrons. The molecule has 1 unspecified atom stereocenters. The summed E-state index contributed by atoms with van der Waals surface area (Å²) in [6, 6.07) is 3.94. The van der Waals surface area contributed by atoms with Gasteiger partial charge in [-0.15, -0.1) is 5.10 Å². The molecule has 0 amide bonds. The second-order valence-electron chi connectivity index (χ2n) is 10.1. The second-order valence-corrected chi connectivity index (χ2v) is 10.1. The number of aryl methyl sites for hydroxylation is 4. The van der Waals surface area contributed by atoms with Gasteiger partial charge in [0.25, 0.3) is 5.78 Å². The topological polar surface area (TPSA) is 112 Å². The van der Waals surface area contributed by atoms with Crippen molar-refractivity contribution < 1.29 is 19.4 Å². The molecule has 9 nitrogen and oxygen atoms in total. The highest BCUT2D eigenvalue weighted by atomic mass is 16.6. The van der Waals surface area contributed by atoms with Crippen LogP contribution in [0.5, 0.6) is 5.75 Å². The van der Waals surface area contributed by atoms with Crippen LogP contribution >= 0.6 is 0 Å². The van der Waals surface area contributed by atoms with Gasteiger partial charge in [-0.05, 0) is 70.1 Å². The van der Waals surface area contributed by atoms with Crippen molar-refractivity contribution in [2.75, 3.05) is 7.11 Å². The van der Waals surface area contributed by atoms with E-state index in [0.717, 1.165) is 54.1 Å². The molecule has 36 heavy (non-hydrogen) atoms. The number of aliphatic hydroxyl groups is 1. The van der Waals surface area contributed by atoms with E-state index < -0.39 is 11.6 Å². The normalized spacial score (nSPS) is 20.8. The van der Waals surface area contributed by atoms with E-state index in [-0.39, 0.29) is 23.7 Å². The number of carbonyl (C=O) groups is 1. The van der Waals surface area contributed by atoms with E-state index in [0.29, 0.717) is 30.9 Å². The molecule has 3 aromatic heterocycles. The lowest BCUT2D eigenvalue weighted by Gasteiger charge is -2.41. The number of nitrogens with zero attached hydrogens (tertiary/aromatic N) is 5. The molecule has 1 aliphatic carbocycles. The molecule has 0 bridgehead atoms. The maximum absolute atomic E-state index is 13.4.